The van der Waals surface area contributed by atoms with Crippen molar-refractivity contribution in [2.75, 3.05) is 21.2 Å². The van der Waals surface area contributed by atoms with Gasteiger partial charge in [-0.05, 0) is 42.3 Å². The van der Waals surface area contributed by atoms with Crippen molar-refractivity contribution < 1.29 is 38.7 Å². The molecule has 1 fully saturated rings. The van der Waals surface area contributed by atoms with Gasteiger partial charge in [0.2, 0.25) is 0 Å². The molecule has 1 aromatic heterocycles. The second-order valence-electron chi connectivity index (χ2n) is 9.76. The van der Waals surface area contributed by atoms with Gasteiger partial charge in [0.15, 0.2) is 0 Å². The van der Waals surface area contributed by atoms with E-state index in [1.807, 2.05) is 0 Å². The van der Waals surface area contributed by atoms with Crippen molar-refractivity contribution >= 4 is 44.7 Å². The number of nitrogens with zero attached hydrogens (tertiary/aromatic N) is 1. The molecule has 3 N–H and O–H groups in total. The summed E-state index contributed by atoms with van der Waals surface area (Å²) in [5, 5.41) is 33.9. The number of carbonyl (C=O) groups is 1. The molecule has 204 valence electrons. The summed E-state index contributed by atoms with van der Waals surface area (Å²) >= 11 is 0. The van der Waals surface area contributed by atoms with Crippen LogP contribution in [-0.4, -0.2) is 71.9 Å². The molecule has 1 amide bonds. The summed E-state index contributed by atoms with van der Waals surface area (Å²) in [4.78, 5) is 27.0. The van der Waals surface area contributed by atoms with Crippen LogP contribution in [0.15, 0.2) is 52.2 Å². The quantitative estimate of drug-likeness (QED) is 0.265. The minimum absolute atomic E-state index is 0.129. The van der Waals surface area contributed by atoms with Crippen molar-refractivity contribution in [3.05, 3.63) is 64.5 Å². The van der Waals surface area contributed by atoms with E-state index in [1.165, 1.54) is 26.1 Å². The van der Waals surface area contributed by atoms with E-state index in [1.54, 1.807) is 49.4 Å². The van der Waals surface area contributed by atoms with Crippen LogP contribution in [-0.2, 0) is 4.74 Å². The molecule has 10 nitrogen and oxygen atoms in total. The van der Waals surface area contributed by atoms with Gasteiger partial charge in [-0.25, -0.2) is 9.59 Å². The number of hydrogen-bond donors (Lipinski definition) is 3. The fourth-order valence-electron chi connectivity index (χ4n) is 5.06. The van der Waals surface area contributed by atoms with Crippen LogP contribution in [0.3, 0.4) is 0 Å². The smallest absolute Gasteiger partial charge is 0.414 e. The topological polar surface area (TPSA) is 139 Å². The van der Waals surface area contributed by atoms with E-state index in [0.717, 1.165) is 0 Å². The lowest BCUT2D eigenvalue weighted by atomic mass is 9.87. The highest BCUT2D eigenvalue weighted by Gasteiger charge is 2.43. The molecule has 0 bridgehead atoms. The SMILES string of the molecule is C=Cc1cc(OC)c2c(c1)c(=O)oc1c3cccc(OC(=O)N(C)C)c3c([C@@H]3O[C@@H](C)[C@H](O)[C@@H](O)[C@H]3O)cc12. The number of aliphatic hydroxyl groups excluding tert-OH is 3. The van der Waals surface area contributed by atoms with Gasteiger partial charge in [-0.1, -0.05) is 24.8 Å². The van der Waals surface area contributed by atoms with E-state index >= 15 is 0 Å². The molecular weight excluding hydrogens is 506 g/mol. The Labute approximate surface area is 223 Å². The van der Waals surface area contributed by atoms with Crippen LogP contribution in [0.5, 0.6) is 11.5 Å². The van der Waals surface area contributed by atoms with E-state index in [0.29, 0.717) is 38.4 Å². The van der Waals surface area contributed by atoms with Crippen LogP contribution in [0, 0.1) is 0 Å². The van der Waals surface area contributed by atoms with Crippen molar-refractivity contribution in [3.8, 4) is 11.5 Å². The first-order valence-corrected chi connectivity index (χ1v) is 12.3. The number of fused-ring (bicyclic) bond motifs is 5. The van der Waals surface area contributed by atoms with Crippen LogP contribution in [0.4, 0.5) is 4.79 Å². The predicted molar refractivity (Wildman–Crippen MR) is 145 cm³/mol. The maximum atomic E-state index is 13.2. The minimum atomic E-state index is -1.52. The Hall–Kier alpha value is -3.96. The zero-order valence-corrected chi connectivity index (χ0v) is 21.9. The van der Waals surface area contributed by atoms with E-state index in [2.05, 4.69) is 6.58 Å². The zero-order chi connectivity index (χ0) is 28.2. The maximum absolute atomic E-state index is 13.2. The number of methoxy groups -OCH3 is 1. The largest absolute Gasteiger partial charge is 0.496 e. The lowest BCUT2D eigenvalue weighted by molar-refractivity contribution is -0.219. The van der Waals surface area contributed by atoms with Crippen molar-refractivity contribution in [1.29, 1.82) is 0 Å². The van der Waals surface area contributed by atoms with Gasteiger partial charge >= 0.3 is 11.7 Å². The second-order valence-corrected chi connectivity index (χ2v) is 9.76. The molecule has 0 unspecified atom stereocenters. The second kappa shape index (κ2) is 9.97. The van der Waals surface area contributed by atoms with Gasteiger partial charge in [0.05, 0.1) is 18.6 Å². The third-order valence-corrected chi connectivity index (χ3v) is 7.09. The highest BCUT2D eigenvalue weighted by molar-refractivity contribution is 6.18. The van der Waals surface area contributed by atoms with E-state index in [4.69, 9.17) is 18.6 Å². The summed E-state index contributed by atoms with van der Waals surface area (Å²) in [6.07, 6.45) is -5.37. The summed E-state index contributed by atoms with van der Waals surface area (Å²) in [6, 6.07) is 9.95. The van der Waals surface area contributed by atoms with Crippen LogP contribution in [0.25, 0.3) is 38.6 Å². The number of amides is 1. The van der Waals surface area contributed by atoms with E-state index < -0.39 is 42.2 Å². The fraction of sp³-hybridized carbons (Fsp3) is 0.310. The number of hydrogen-bond acceptors (Lipinski definition) is 9. The van der Waals surface area contributed by atoms with Gasteiger partial charge in [-0.2, -0.15) is 0 Å². The summed E-state index contributed by atoms with van der Waals surface area (Å²) in [5.41, 5.74) is 0.611. The van der Waals surface area contributed by atoms with Gasteiger partial charge in [-0.15, -0.1) is 0 Å². The molecule has 4 aromatic rings. The van der Waals surface area contributed by atoms with Crippen LogP contribution >= 0.6 is 0 Å². The third kappa shape index (κ3) is 4.31. The predicted octanol–water partition coefficient (Wildman–Crippen LogP) is 3.35. The lowest BCUT2D eigenvalue weighted by Gasteiger charge is -2.40. The van der Waals surface area contributed by atoms with Gasteiger partial charge < -0.3 is 38.8 Å². The van der Waals surface area contributed by atoms with Gasteiger partial charge in [0, 0.05) is 35.6 Å². The lowest BCUT2D eigenvalue weighted by Crippen LogP contribution is -2.53. The molecule has 1 aliphatic rings. The van der Waals surface area contributed by atoms with E-state index in [9.17, 15) is 24.9 Å². The van der Waals surface area contributed by atoms with Crippen molar-refractivity contribution in [2.45, 2.75) is 37.4 Å². The Balaban J connectivity index is 1.94. The van der Waals surface area contributed by atoms with E-state index in [-0.39, 0.29) is 16.7 Å². The first kappa shape index (κ1) is 26.6. The summed E-state index contributed by atoms with van der Waals surface area (Å²) in [6.45, 7) is 5.35. The molecule has 1 aliphatic heterocycles. The molecule has 10 heteroatoms. The number of rotatable bonds is 4. The number of carbonyl (C=O) groups excluding carboxylic acids is 1. The molecule has 5 atom stereocenters. The maximum Gasteiger partial charge on any atom is 0.414 e. The summed E-state index contributed by atoms with van der Waals surface area (Å²) < 4.78 is 23.1. The Morgan fingerprint density at radius 3 is 2.41 bits per heavy atom. The van der Waals surface area contributed by atoms with Crippen molar-refractivity contribution in [1.82, 2.24) is 4.90 Å². The average Bonchev–Trinajstić information content (AvgIpc) is 2.93. The Kier molecular flexibility index (Phi) is 6.81. The minimum Gasteiger partial charge on any atom is -0.496 e. The van der Waals surface area contributed by atoms with Crippen molar-refractivity contribution in [2.24, 2.45) is 0 Å². The van der Waals surface area contributed by atoms with Crippen LogP contribution < -0.4 is 15.1 Å². The Bertz CT molecular complexity index is 1680. The molecular formula is C29H29NO9. The first-order chi connectivity index (χ1) is 18.6. The number of aliphatic hydroxyl groups is 3. The monoisotopic (exact) mass is 535 g/mol. The standard InChI is InChI=1S/C29H29NO9/c1-6-14-10-18-22(20(11-14)36-5)16-12-17(27-25(33)24(32)23(31)13(2)37-27)21-15(26(16)39-28(18)34)8-7-9-19(21)38-29(35)30(3)4/h6-13,23-25,27,31-33H,1H2,2-5H3/t13-,23-,24+,25+,27-/m0/s1. The number of ether oxygens (including phenoxy) is 3. The van der Waals surface area contributed by atoms with Gasteiger partial charge in [-0.3, -0.25) is 0 Å². The zero-order valence-electron chi connectivity index (χ0n) is 21.9. The summed E-state index contributed by atoms with van der Waals surface area (Å²) in [5.74, 6) is 0.526. The van der Waals surface area contributed by atoms with Gasteiger partial charge in [0.1, 0.15) is 41.5 Å². The summed E-state index contributed by atoms with van der Waals surface area (Å²) in [7, 11) is 4.55. The molecule has 0 saturated carbocycles. The van der Waals surface area contributed by atoms with Crippen molar-refractivity contribution in [3.63, 3.8) is 0 Å². The fourth-order valence-corrected chi connectivity index (χ4v) is 5.06. The molecule has 2 heterocycles. The molecule has 5 rings (SSSR count). The molecule has 0 spiro atoms. The van der Waals surface area contributed by atoms with Crippen LogP contribution in [0.2, 0.25) is 0 Å². The molecule has 39 heavy (non-hydrogen) atoms. The number of benzene rings is 3. The normalized spacial score (nSPS) is 23.2. The van der Waals surface area contributed by atoms with Crippen LogP contribution in [0.1, 0.15) is 24.2 Å². The molecule has 3 aromatic carbocycles. The molecule has 1 saturated heterocycles. The highest BCUT2D eigenvalue weighted by atomic mass is 16.6. The molecule has 0 radical (unpaired) electrons. The Morgan fingerprint density at radius 1 is 1.00 bits per heavy atom. The average molecular weight is 536 g/mol. The molecule has 0 aliphatic carbocycles. The highest BCUT2D eigenvalue weighted by Crippen LogP contribution is 2.44. The Morgan fingerprint density at radius 2 is 1.74 bits per heavy atom. The van der Waals surface area contributed by atoms with Gasteiger partial charge in [0.25, 0.3) is 0 Å². The third-order valence-electron chi connectivity index (χ3n) is 7.09. The first-order valence-electron chi connectivity index (χ1n) is 12.3.